The molecule has 2 aliphatic carbocycles. The summed E-state index contributed by atoms with van der Waals surface area (Å²) < 4.78 is 42.5. The maximum Gasteiger partial charge on any atom is 0.227 e. The van der Waals surface area contributed by atoms with Gasteiger partial charge in [-0.15, -0.1) is 0 Å². The van der Waals surface area contributed by atoms with Crippen molar-refractivity contribution in [3.05, 3.63) is 89.1 Å². The van der Waals surface area contributed by atoms with Gasteiger partial charge in [0.25, 0.3) is 0 Å². The van der Waals surface area contributed by atoms with Gasteiger partial charge in [0.15, 0.2) is 0 Å². The summed E-state index contributed by atoms with van der Waals surface area (Å²) in [5, 5.41) is 1.64. The predicted octanol–water partition coefficient (Wildman–Crippen LogP) is 12.8. The quantitative estimate of drug-likeness (QED) is 0.188. The average molecular weight is 642 g/mol. The van der Waals surface area contributed by atoms with Crippen LogP contribution in [0.5, 0.6) is 0 Å². The van der Waals surface area contributed by atoms with Crippen LogP contribution >= 0.6 is 0 Å². The summed E-state index contributed by atoms with van der Waals surface area (Å²) in [6.45, 7) is 11.5. The van der Waals surface area contributed by atoms with E-state index in [9.17, 15) is 1.37 Å². The van der Waals surface area contributed by atoms with Crippen LogP contribution in [0.1, 0.15) is 139 Å². The Bertz CT molecular complexity index is 2280. The molecule has 6 aromatic rings. The Kier molecular flexibility index (Phi) is 6.52. The molecule has 3 aromatic heterocycles. The molecule has 2 aliphatic rings. The molecule has 1 spiro atoms. The number of pyridine rings is 1. The third-order valence-electron chi connectivity index (χ3n) is 11.8. The van der Waals surface area contributed by atoms with Crippen molar-refractivity contribution in [1.82, 2.24) is 14.5 Å². The van der Waals surface area contributed by atoms with E-state index in [0.717, 1.165) is 70.1 Å². The number of aromatic nitrogens is 3. The van der Waals surface area contributed by atoms with E-state index in [2.05, 4.69) is 81.4 Å². The van der Waals surface area contributed by atoms with Gasteiger partial charge in [0.1, 0.15) is 11.4 Å². The fourth-order valence-electron chi connectivity index (χ4n) is 8.64. The van der Waals surface area contributed by atoms with Gasteiger partial charge >= 0.3 is 0 Å². The van der Waals surface area contributed by atoms with E-state index in [0.29, 0.717) is 22.1 Å². The van der Waals surface area contributed by atoms with Crippen molar-refractivity contribution >= 4 is 33.1 Å². The van der Waals surface area contributed by atoms with Crippen molar-refractivity contribution in [2.24, 2.45) is 10.8 Å². The minimum atomic E-state index is -2.33. The Morgan fingerprint density at radius 2 is 1.52 bits per heavy atom. The summed E-state index contributed by atoms with van der Waals surface area (Å²) in [6, 6.07) is 22.4. The first-order chi connectivity index (χ1) is 24.6. The van der Waals surface area contributed by atoms with Crippen LogP contribution in [0.15, 0.2) is 71.1 Å². The normalized spacial score (nSPS) is 20.4. The first-order valence-electron chi connectivity index (χ1n) is 20.1. The largest absolute Gasteiger partial charge is 0.437 e. The molecule has 0 radical (unpaired) electrons. The zero-order chi connectivity index (χ0) is 36.8. The Hall–Kier alpha value is -3.92. The topological polar surface area (TPSA) is 43.9 Å². The second-order valence-electron chi connectivity index (χ2n) is 16.2. The number of aryl methyl sites for hydroxylation is 1. The molecule has 4 heteroatoms. The molecule has 3 heterocycles. The maximum atomic E-state index is 9.99. The van der Waals surface area contributed by atoms with Crippen LogP contribution < -0.4 is 0 Å². The molecule has 248 valence electrons. The smallest absolute Gasteiger partial charge is 0.227 e. The first kappa shape index (κ1) is 27.0. The number of fused-ring (bicyclic) bond motifs is 4. The molecule has 2 saturated carbocycles. The van der Waals surface area contributed by atoms with E-state index in [1.54, 1.807) is 12.1 Å². The molecule has 0 atom stereocenters. The zero-order valence-electron chi connectivity index (χ0n) is 33.4. The lowest BCUT2D eigenvalue weighted by molar-refractivity contribution is 0.0584. The highest BCUT2D eigenvalue weighted by atomic mass is 16.3. The minimum absolute atomic E-state index is 0.0130. The molecule has 0 bridgehead atoms. The van der Waals surface area contributed by atoms with Crippen molar-refractivity contribution in [3.63, 3.8) is 0 Å². The number of furan rings is 1. The Labute approximate surface area is 291 Å². The molecule has 0 saturated heterocycles. The Balaban J connectivity index is 1.30. The summed E-state index contributed by atoms with van der Waals surface area (Å²) in [5.41, 5.74) is 9.23. The van der Waals surface area contributed by atoms with Crippen LogP contribution in [0.3, 0.4) is 0 Å². The van der Waals surface area contributed by atoms with Gasteiger partial charge in [-0.2, -0.15) is 0 Å². The van der Waals surface area contributed by atoms with Crippen molar-refractivity contribution in [1.29, 1.82) is 0 Å². The summed E-state index contributed by atoms with van der Waals surface area (Å²) in [4.78, 5) is 9.71. The summed E-state index contributed by atoms with van der Waals surface area (Å²) >= 11 is 0. The average Bonchev–Trinajstić information content (AvgIpc) is 3.68. The molecule has 3 aromatic carbocycles. The second kappa shape index (κ2) is 11.6. The second-order valence-corrected chi connectivity index (χ2v) is 16.2. The first-order valence-corrected chi connectivity index (χ1v) is 18.1. The number of imidazole rings is 1. The predicted molar refractivity (Wildman–Crippen MR) is 200 cm³/mol. The van der Waals surface area contributed by atoms with E-state index >= 15 is 0 Å². The van der Waals surface area contributed by atoms with Crippen molar-refractivity contribution in [3.8, 4) is 17.1 Å². The molecule has 2 fully saturated rings. The number of hydrogen-bond donors (Lipinski definition) is 0. The molecule has 8 rings (SSSR count). The van der Waals surface area contributed by atoms with Crippen LogP contribution in [0.25, 0.3) is 50.2 Å². The van der Waals surface area contributed by atoms with E-state index in [-0.39, 0.29) is 17.5 Å². The van der Waals surface area contributed by atoms with Crippen LogP contribution in [-0.2, 0) is 0 Å². The van der Waals surface area contributed by atoms with Crippen molar-refractivity contribution in [2.75, 3.05) is 0 Å². The lowest BCUT2D eigenvalue weighted by Crippen LogP contribution is -2.34. The molecular formula is C44H51N3O. The van der Waals surface area contributed by atoms with Crippen LogP contribution in [0.4, 0.5) is 0 Å². The number of benzene rings is 3. The van der Waals surface area contributed by atoms with Gasteiger partial charge in [-0.05, 0) is 134 Å². The van der Waals surface area contributed by atoms with Crippen LogP contribution in [-0.4, -0.2) is 14.5 Å². The van der Waals surface area contributed by atoms with Gasteiger partial charge < -0.3 is 4.42 Å². The minimum Gasteiger partial charge on any atom is -0.437 e. The van der Waals surface area contributed by atoms with Gasteiger partial charge in [0.2, 0.25) is 5.71 Å². The highest BCUT2D eigenvalue weighted by Gasteiger charge is 2.41. The summed E-state index contributed by atoms with van der Waals surface area (Å²) in [6.07, 6.45) is 9.29. The van der Waals surface area contributed by atoms with E-state index < -0.39 is 12.7 Å². The molecule has 0 amide bonds. The lowest BCUT2D eigenvalue weighted by Gasteiger charge is -2.47. The van der Waals surface area contributed by atoms with E-state index in [1.165, 1.54) is 36.8 Å². The van der Waals surface area contributed by atoms with Gasteiger partial charge in [0.05, 0.1) is 22.3 Å². The number of nitrogens with zero attached hydrogens (tertiary/aromatic N) is 3. The standard InChI is InChI=1S/C44H51N3O/c1-27(2)35-25-31(30-17-19-44(20-18-30)23-21-43(6,7)22-24-44)26-36(28(3)4)39(35)47-38-14-9-8-13-37(38)46-41(47)34-12-10-11-32-33-16-15-29(5)45-42(33)48-40(32)34/h8-16,25-28,30H,17-24H2,1-7H3/i5D3,30D. The maximum absolute atomic E-state index is 9.99. The number of hydrogen-bond acceptors (Lipinski definition) is 3. The lowest BCUT2D eigenvalue weighted by atomic mass is 9.58. The molecule has 0 aliphatic heterocycles. The van der Waals surface area contributed by atoms with Gasteiger partial charge in [-0.1, -0.05) is 77.9 Å². The van der Waals surface area contributed by atoms with Gasteiger partial charge in [-0.25, -0.2) is 9.97 Å². The van der Waals surface area contributed by atoms with Gasteiger partial charge in [0, 0.05) is 21.9 Å². The summed E-state index contributed by atoms with van der Waals surface area (Å²) in [7, 11) is 0. The SMILES string of the molecule is [2H]C([2H])([2H])c1ccc2c(n1)oc1c(-c3nc4ccccc4n3-c3c(C(C)C)cc(C4([2H])CCC5(CCC(C)(C)CC5)CC4)cc3C(C)C)cccc12. The molecule has 0 N–H and O–H groups in total. The Morgan fingerprint density at radius 1 is 0.812 bits per heavy atom. The van der Waals surface area contributed by atoms with E-state index in [4.69, 9.17) is 13.5 Å². The number of para-hydroxylation sites is 3. The van der Waals surface area contributed by atoms with Crippen LogP contribution in [0, 0.1) is 17.7 Å². The fraction of sp³-hybridized carbons (Fsp3) is 0.455. The summed E-state index contributed by atoms with van der Waals surface area (Å²) in [5.74, 6) is 0.554. The molecule has 0 unspecified atom stereocenters. The van der Waals surface area contributed by atoms with E-state index in [1.807, 2.05) is 24.3 Å². The highest BCUT2D eigenvalue weighted by molar-refractivity contribution is 6.08. The van der Waals surface area contributed by atoms with Crippen molar-refractivity contribution in [2.45, 2.75) is 117 Å². The Morgan fingerprint density at radius 3 is 2.21 bits per heavy atom. The molecule has 4 nitrogen and oxygen atoms in total. The van der Waals surface area contributed by atoms with Gasteiger partial charge in [-0.3, -0.25) is 4.57 Å². The third-order valence-corrected chi connectivity index (χ3v) is 11.8. The zero-order valence-corrected chi connectivity index (χ0v) is 29.4. The number of rotatable bonds is 5. The third kappa shape index (κ3) is 5.27. The monoisotopic (exact) mass is 641 g/mol. The highest BCUT2D eigenvalue weighted by Crippen LogP contribution is 2.55. The molecular weight excluding hydrogens is 587 g/mol. The molecule has 48 heavy (non-hydrogen) atoms. The fourth-order valence-corrected chi connectivity index (χ4v) is 8.64. The van der Waals surface area contributed by atoms with Crippen LogP contribution in [0.2, 0.25) is 0 Å². The van der Waals surface area contributed by atoms with Crippen molar-refractivity contribution < 1.29 is 9.90 Å².